The Kier molecular flexibility index (Phi) is 10.4. The van der Waals surface area contributed by atoms with E-state index in [9.17, 15) is 13.2 Å². The molecule has 0 aliphatic carbocycles. The van der Waals surface area contributed by atoms with Crippen LogP contribution in [0.4, 0.5) is 18.9 Å². The van der Waals surface area contributed by atoms with E-state index in [0.717, 1.165) is 84.1 Å². The predicted molar refractivity (Wildman–Crippen MR) is 242 cm³/mol. The molecule has 2 heterocycles. The molecule has 9 aromatic rings. The number of rotatable bonds is 8. The van der Waals surface area contributed by atoms with Gasteiger partial charge in [0.05, 0.1) is 23.5 Å². The minimum absolute atomic E-state index is 0.443. The molecule has 0 bridgehead atoms. The van der Waals surface area contributed by atoms with E-state index >= 15 is 0 Å². The summed E-state index contributed by atoms with van der Waals surface area (Å²) in [6.45, 7) is 9.43. The number of nitrogens with zero attached hydrogens (tertiary/aromatic N) is 3. The van der Waals surface area contributed by atoms with Gasteiger partial charge in [-0.3, -0.25) is 9.97 Å². The van der Waals surface area contributed by atoms with Gasteiger partial charge in [-0.05, 0) is 98.0 Å². The number of aryl methyl sites for hydroxylation is 1. The standard InChI is InChI=1S/C55H36F3N3/c1-36-29-43(46-18-10-9-17-45(46)42-26-28-52(60-34-42)41-25-27-51(55(56,57)58)54(32-41)59-2)31-44(30-36)47-19-11-12-20-48(47)50-35-61-53(40-15-7-4-8-16-40)33-49(50)39-23-21-38(22-24-39)37-13-5-3-6-14-37/h3-35H,1H3. The molecule has 0 aliphatic heterocycles. The van der Waals surface area contributed by atoms with Crippen LogP contribution in [0, 0.1) is 13.5 Å². The van der Waals surface area contributed by atoms with Crippen molar-refractivity contribution in [2.24, 2.45) is 0 Å². The lowest BCUT2D eigenvalue weighted by molar-refractivity contribution is -0.136. The molecule has 2 aromatic heterocycles. The lowest BCUT2D eigenvalue weighted by Crippen LogP contribution is -2.04. The van der Waals surface area contributed by atoms with Crippen molar-refractivity contribution >= 4 is 5.69 Å². The second-order valence-electron chi connectivity index (χ2n) is 14.9. The summed E-state index contributed by atoms with van der Waals surface area (Å²) in [7, 11) is 0. The number of aromatic nitrogens is 2. The van der Waals surface area contributed by atoms with Crippen LogP contribution in [0.15, 0.2) is 200 Å². The van der Waals surface area contributed by atoms with Crippen LogP contribution in [0.1, 0.15) is 11.1 Å². The molecular formula is C55H36F3N3. The maximum atomic E-state index is 13.5. The number of benzene rings is 7. The predicted octanol–water partition coefficient (Wildman–Crippen LogP) is 15.7. The molecule has 0 unspecified atom stereocenters. The lowest BCUT2D eigenvalue weighted by atomic mass is 9.87. The number of alkyl halides is 3. The largest absolute Gasteiger partial charge is 0.407 e. The number of hydrogen-bond acceptors (Lipinski definition) is 2. The fourth-order valence-corrected chi connectivity index (χ4v) is 7.95. The molecule has 0 N–H and O–H groups in total. The summed E-state index contributed by atoms with van der Waals surface area (Å²) in [5.41, 5.74) is 15.1. The Bertz CT molecular complexity index is 3060. The van der Waals surface area contributed by atoms with E-state index in [1.54, 1.807) is 12.3 Å². The van der Waals surface area contributed by atoms with E-state index in [1.807, 2.05) is 54.7 Å². The SMILES string of the molecule is [C-]#[N+]c1cc(-c2ccc(-c3ccccc3-c3cc(C)cc(-c4ccccc4-c4cnc(-c5ccccc5)cc4-c4ccc(-c5ccccc5)cc4)c3)cn2)ccc1C(F)(F)F. The molecule has 0 saturated carbocycles. The van der Waals surface area contributed by atoms with Crippen molar-refractivity contribution in [3.05, 3.63) is 223 Å². The Morgan fingerprint density at radius 3 is 1.51 bits per heavy atom. The quantitative estimate of drug-likeness (QED) is 0.143. The average Bonchev–Trinajstić information content (AvgIpc) is 3.31. The van der Waals surface area contributed by atoms with Crippen molar-refractivity contribution in [3.63, 3.8) is 0 Å². The first-order chi connectivity index (χ1) is 29.7. The van der Waals surface area contributed by atoms with Gasteiger partial charge in [0.1, 0.15) is 0 Å². The molecule has 9 rings (SSSR count). The molecule has 0 fully saturated rings. The van der Waals surface area contributed by atoms with Gasteiger partial charge in [0.15, 0.2) is 5.69 Å². The molecule has 0 aliphatic rings. The third-order valence-electron chi connectivity index (χ3n) is 10.9. The third-order valence-corrected chi connectivity index (χ3v) is 10.9. The summed E-state index contributed by atoms with van der Waals surface area (Å²) in [5, 5.41) is 0. The molecule has 292 valence electrons. The monoisotopic (exact) mass is 795 g/mol. The van der Waals surface area contributed by atoms with Crippen LogP contribution in [0.5, 0.6) is 0 Å². The van der Waals surface area contributed by atoms with E-state index in [0.29, 0.717) is 11.3 Å². The molecule has 0 spiro atoms. The van der Waals surface area contributed by atoms with Gasteiger partial charge in [0.2, 0.25) is 0 Å². The smallest absolute Gasteiger partial charge is 0.256 e. The summed E-state index contributed by atoms with van der Waals surface area (Å²) in [4.78, 5) is 12.8. The van der Waals surface area contributed by atoms with Crippen molar-refractivity contribution in [2.75, 3.05) is 0 Å². The number of hydrogen-bond donors (Lipinski definition) is 0. The van der Waals surface area contributed by atoms with Gasteiger partial charge in [-0.1, -0.05) is 164 Å². The Balaban J connectivity index is 1.11. The van der Waals surface area contributed by atoms with Gasteiger partial charge in [0.25, 0.3) is 0 Å². The molecule has 3 nitrogen and oxygen atoms in total. The van der Waals surface area contributed by atoms with Crippen LogP contribution < -0.4 is 0 Å². The first-order valence-corrected chi connectivity index (χ1v) is 19.8. The number of pyridine rings is 2. The molecular weight excluding hydrogens is 760 g/mol. The highest BCUT2D eigenvalue weighted by atomic mass is 19.4. The zero-order valence-corrected chi connectivity index (χ0v) is 33.0. The van der Waals surface area contributed by atoms with Gasteiger partial charge in [-0.15, -0.1) is 0 Å². The fourth-order valence-electron chi connectivity index (χ4n) is 7.95. The van der Waals surface area contributed by atoms with Crippen molar-refractivity contribution in [1.82, 2.24) is 9.97 Å². The Morgan fingerprint density at radius 1 is 0.393 bits per heavy atom. The highest BCUT2D eigenvalue weighted by molar-refractivity contribution is 5.94. The van der Waals surface area contributed by atoms with Gasteiger partial charge in [-0.2, -0.15) is 13.2 Å². The van der Waals surface area contributed by atoms with Crippen LogP contribution in [0.3, 0.4) is 0 Å². The van der Waals surface area contributed by atoms with Crippen molar-refractivity contribution in [2.45, 2.75) is 13.1 Å². The normalized spacial score (nSPS) is 11.3. The summed E-state index contributed by atoms with van der Waals surface area (Å²) >= 11 is 0. The van der Waals surface area contributed by atoms with E-state index < -0.39 is 17.4 Å². The molecule has 6 heteroatoms. The first-order valence-electron chi connectivity index (χ1n) is 19.8. The molecule has 7 aromatic carbocycles. The van der Waals surface area contributed by atoms with Gasteiger partial charge in [0, 0.05) is 29.1 Å². The van der Waals surface area contributed by atoms with Crippen molar-refractivity contribution in [3.8, 4) is 89.3 Å². The number of halogens is 3. The first kappa shape index (κ1) is 38.6. The van der Waals surface area contributed by atoms with Crippen molar-refractivity contribution < 1.29 is 13.2 Å². The minimum Gasteiger partial charge on any atom is -0.256 e. The van der Waals surface area contributed by atoms with Gasteiger partial charge < -0.3 is 0 Å². The topological polar surface area (TPSA) is 30.1 Å². The highest BCUT2D eigenvalue weighted by Crippen LogP contribution is 2.43. The lowest BCUT2D eigenvalue weighted by Gasteiger charge is -2.18. The fraction of sp³-hybridized carbons (Fsp3) is 0.0364. The molecule has 61 heavy (non-hydrogen) atoms. The molecule has 0 saturated heterocycles. The van der Waals surface area contributed by atoms with Crippen LogP contribution in [0.2, 0.25) is 0 Å². The van der Waals surface area contributed by atoms with Crippen LogP contribution in [-0.4, -0.2) is 9.97 Å². The molecule has 0 radical (unpaired) electrons. The van der Waals surface area contributed by atoms with E-state index in [4.69, 9.17) is 11.6 Å². The Labute approximate surface area is 353 Å². The summed E-state index contributed by atoms with van der Waals surface area (Å²) in [6.07, 6.45) is -0.881. The summed E-state index contributed by atoms with van der Waals surface area (Å²) in [5.74, 6) is 0. The van der Waals surface area contributed by atoms with Crippen LogP contribution in [0.25, 0.3) is 94.1 Å². The third kappa shape index (κ3) is 7.98. The van der Waals surface area contributed by atoms with Gasteiger partial charge in [-0.25, -0.2) is 4.85 Å². The van der Waals surface area contributed by atoms with Crippen LogP contribution >= 0.6 is 0 Å². The zero-order valence-electron chi connectivity index (χ0n) is 33.0. The van der Waals surface area contributed by atoms with Crippen molar-refractivity contribution in [1.29, 1.82) is 0 Å². The van der Waals surface area contributed by atoms with Gasteiger partial charge >= 0.3 is 6.18 Å². The maximum absolute atomic E-state index is 13.5. The molecule has 0 atom stereocenters. The highest BCUT2D eigenvalue weighted by Gasteiger charge is 2.33. The second kappa shape index (κ2) is 16.4. The summed E-state index contributed by atoms with van der Waals surface area (Å²) < 4.78 is 40.4. The Hall–Kier alpha value is -7.88. The average molecular weight is 796 g/mol. The van der Waals surface area contributed by atoms with E-state index in [1.165, 1.54) is 17.7 Å². The summed E-state index contributed by atoms with van der Waals surface area (Å²) in [6, 6.07) is 62.0. The maximum Gasteiger partial charge on any atom is 0.407 e. The van der Waals surface area contributed by atoms with E-state index in [2.05, 4.69) is 132 Å². The van der Waals surface area contributed by atoms with E-state index in [-0.39, 0.29) is 0 Å². The second-order valence-corrected chi connectivity index (χ2v) is 14.9. The zero-order chi connectivity index (χ0) is 41.9. The van der Waals surface area contributed by atoms with Crippen LogP contribution in [-0.2, 0) is 6.18 Å². The molecule has 0 amide bonds. The minimum atomic E-state index is -4.61. The Morgan fingerprint density at radius 2 is 0.902 bits per heavy atom.